The van der Waals surface area contributed by atoms with Crippen LogP contribution in [0.5, 0.6) is 0 Å². The van der Waals surface area contributed by atoms with Crippen molar-refractivity contribution in [1.82, 2.24) is 24.1 Å². The molecule has 1 aliphatic heterocycles. The van der Waals surface area contributed by atoms with E-state index in [1.165, 1.54) is 0 Å². The first kappa shape index (κ1) is 17.9. The van der Waals surface area contributed by atoms with E-state index in [-0.39, 0.29) is 24.0 Å². The molecule has 2 N–H and O–H groups in total. The predicted octanol–water partition coefficient (Wildman–Crippen LogP) is 2.47. The molecule has 0 unspecified atom stereocenters. The molecule has 0 bridgehead atoms. The average Bonchev–Trinajstić information content (AvgIpc) is 2.95. The number of aromatic nitrogens is 4. The Morgan fingerprint density at radius 2 is 2.08 bits per heavy atom. The number of alkyl halides is 2. The minimum Gasteiger partial charge on any atom is -0.355 e. The molecule has 0 aromatic carbocycles. The van der Waals surface area contributed by atoms with Gasteiger partial charge in [-0.1, -0.05) is 0 Å². The standard InChI is InChI=1S/C16H23F2N7S/c1-10(2)25-15-12(5-22-25)14(20-9-21-15)23-7-16(8-23)3-11(4-16)24(26-19)6-13(17)18/h5,9-11,13H,3-4,6-8,19H2,1-2H3. The summed E-state index contributed by atoms with van der Waals surface area (Å²) in [5.74, 6) is 0.911. The number of hydrogen-bond acceptors (Lipinski definition) is 7. The first-order valence-corrected chi connectivity index (χ1v) is 9.61. The lowest BCUT2D eigenvalue weighted by Crippen LogP contribution is -2.66. The minimum absolute atomic E-state index is 0.134. The number of fused-ring (bicyclic) bond motifs is 1. The van der Waals surface area contributed by atoms with Crippen LogP contribution in [0.3, 0.4) is 0 Å². The molecular weight excluding hydrogens is 360 g/mol. The van der Waals surface area contributed by atoms with Gasteiger partial charge >= 0.3 is 0 Å². The molecule has 26 heavy (non-hydrogen) atoms. The fraction of sp³-hybridized carbons (Fsp3) is 0.688. The van der Waals surface area contributed by atoms with Crippen LogP contribution in [0.2, 0.25) is 0 Å². The van der Waals surface area contributed by atoms with Gasteiger partial charge in [0.1, 0.15) is 12.1 Å². The highest BCUT2D eigenvalue weighted by atomic mass is 32.2. The van der Waals surface area contributed by atoms with E-state index in [1.807, 2.05) is 10.9 Å². The van der Waals surface area contributed by atoms with Crippen molar-refractivity contribution < 1.29 is 8.78 Å². The number of nitrogens with two attached hydrogens (primary N) is 1. The van der Waals surface area contributed by atoms with E-state index in [0.717, 1.165) is 54.9 Å². The third-order valence-electron chi connectivity index (χ3n) is 5.41. The summed E-state index contributed by atoms with van der Waals surface area (Å²) in [5, 5.41) is 11.0. The maximum Gasteiger partial charge on any atom is 0.252 e. The van der Waals surface area contributed by atoms with Crippen molar-refractivity contribution in [3.05, 3.63) is 12.5 Å². The van der Waals surface area contributed by atoms with Crippen LogP contribution >= 0.6 is 12.1 Å². The quantitative estimate of drug-likeness (QED) is 0.768. The fourth-order valence-electron chi connectivity index (χ4n) is 4.21. The van der Waals surface area contributed by atoms with E-state index in [9.17, 15) is 8.78 Å². The Balaban J connectivity index is 1.43. The highest BCUT2D eigenvalue weighted by Crippen LogP contribution is 2.52. The fourth-order valence-corrected chi connectivity index (χ4v) is 4.73. The smallest absolute Gasteiger partial charge is 0.252 e. The van der Waals surface area contributed by atoms with Gasteiger partial charge in [-0.15, -0.1) is 0 Å². The lowest BCUT2D eigenvalue weighted by Gasteiger charge is -2.61. The Morgan fingerprint density at radius 3 is 2.69 bits per heavy atom. The summed E-state index contributed by atoms with van der Waals surface area (Å²) < 4.78 is 28.8. The zero-order valence-electron chi connectivity index (χ0n) is 14.8. The van der Waals surface area contributed by atoms with E-state index in [1.54, 1.807) is 10.6 Å². The van der Waals surface area contributed by atoms with Gasteiger partial charge in [0.2, 0.25) is 0 Å². The van der Waals surface area contributed by atoms with Crippen LogP contribution in [-0.2, 0) is 0 Å². The molecule has 1 spiro atoms. The Labute approximate surface area is 155 Å². The zero-order valence-corrected chi connectivity index (χ0v) is 15.7. The van der Waals surface area contributed by atoms with Crippen molar-refractivity contribution in [3.63, 3.8) is 0 Å². The van der Waals surface area contributed by atoms with Crippen LogP contribution in [-0.4, -0.2) is 56.2 Å². The van der Waals surface area contributed by atoms with Gasteiger partial charge in [0.05, 0.1) is 18.1 Å². The third-order valence-corrected chi connectivity index (χ3v) is 6.13. The molecule has 2 aromatic heterocycles. The van der Waals surface area contributed by atoms with Crippen molar-refractivity contribution in [1.29, 1.82) is 0 Å². The van der Waals surface area contributed by atoms with Crippen LogP contribution in [0.4, 0.5) is 14.6 Å². The summed E-state index contributed by atoms with van der Waals surface area (Å²) in [5.41, 5.74) is 1.05. The highest BCUT2D eigenvalue weighted by Gasteiger charge is 2.54. The molecule has 4 rings (SSSR count). The molecule has 1 saturated heterocycles. The SMILES string of the molecule is CC(C)n1ncc2c(N3CC4(CC(N(CC(F)F)SN)C4)C3)ncnc21. The number of hydrogen-bond donors (Lipinski definition) is 1. The molecule has 2 aromatic rings. The number of anilines is 1. The monoisotopic (exact) mass is 383 g/mol. The van der Waals surface area contributed by atoms with Crippen LogP contribution in [0.25, 0.3) is 11.0 Å². The topological polar surface area (TPSA) is 76.1 Å². The van der Waals surface area contributed by atoms with Gasteiger partial charge in [0, 0.05) is 42.7 Å². The molecule has 0 atom stereocenters. The van der Waals surface area contributed by atoms with Gasteiger partial charge in [-0.25, -0.2) is 27.7 Å². The van der Waals surface area contributed by atoms with Gasteiger partial charge in [-0.2, -0.15) is 5.10 Å². The summed E-state index contributed by atoms with van der Waals surface area (Å²) >= 11 is 0.930. The summed E-state index contributed by atoms with van der Waals surface area (Å²) in [6.45, 7) is 5.65. The lowest BCUT2D eigenvalue weighted by atomic mass is 9.60. The van der Waals surface area contributed by atoms with Gasteiger partial charge < -0.3 is 4.90 Å². The highest BCUT2D eigenvalue weighted by molar-refractivity contribution is 7.94. The van der Waals surface area contributed by atoms with Crippen molar-refractivity contribution in [2.75, 3.05) is 24.5 Å². The minimum atomic E-state index is -2.35. The van der Waals surface area contributed by atoms with Crippen molar-refractivity contribution in [3.8, 4) is 0 Å². The van der Waals surface area contributed by atoms with Gasteiger partial charge in [0.15, 0.2) is 5.65 Å². The van der Waals surface area contributed by atoms with Gasteiger partial charge in [0.25, 0.3) is 6.43 Å². The summed E-state index contributed by atoms with van der Waals surface area (Å²) in [4.78, 5) is 11.1. The molecule has 0 radical (unpaired) electrons. The lowest BCUT2D eigenvalue weighted by molar-refractivity contribution is -0.000194. The second-order valence-electron chi connectivity index (χ2n) is 7.63. The molecule has 2 aliphatic rings. The first-order valence-electron chi connectivity index (χ1n) is 8.77. The Kier molecular flexibility index (Phi) is 4.52. The van der Waals surface area contributed by atoms with E-state index in [2.05, 4.69) is 33.8 Å². The van der Waals surface area contributed by atoms with Crippen LogP contribution in [0.15, 0.2) is 12.5 Å². The van der Waals surface area contributed by atoms with Crippen LogP contribution in [0, 0.1) is 5.41 Å². The average molecular weight is 383 g/mol. The van der Waals surface area contributed by atoms with E-state index >= 15 is 0 Å². The molecule has 142 valence electrons. The van der Waals surface area contributed by atoms with Gasteiger partial charge in [-0.05, 0) is 26.7 Å². The molecule has 0 amide bonds. The first-order chi connectivity index (χ1) is 12.4. The Morgan fingerprint density at radius 1 is 1.35 bits per heavy atom. The van der Waals surface area contributed by atoms with Crippen LogP contribution in [0.1, 0.15) is 32.7 Å². The van der Waals surface area contributed by atoms with Crippen molar-refractivity contribution in [2.45, 2.75) is 45.2 Å². The molecule has 2 fully saturated rings. The van der Waals surface area contributed by atoms with Crippen molar-refractivity contribution in [2.24, 2.45) is 10.6 Å². The molecule has 1 saturated carbocycles. The Bertz CT molecular complexity index is 782. The normalized spacial score (nSPS) is 19.8. The van der Waals surface area contributed by atoms with Crippen molar-refractivity contribution >= 4 is 29.0 Å². The summed E-state index contributed by atoms with van der Waals surface area (Å²) in [7, 11) is 0. The number of nitrogens with zero attached hydrogens (tertiary/aromatic N) is 6. The van der Waals surface area contributed by atoms with Gasteiger partial charge in [-0.3, -0.25) is 5.14 Å². The number of rotatable bonds is 6. The van der Waals surface area contributed by atoms with E-state index in [0.29, 0.717) is 0 Å². The maximum atomic E-state index is 12.6. The van der Waals surface area contributed by atoms with E-state index < -0.39 is 6.43 Å². The Hall–Kier alpha value is -1.52. The second kappa shape index (κ2) is 6.58. The number of halogens is 2. The van der Waals surface area contributed by atoms with E-state index in [4.69, 9.17) is 5.14 Å². The largest absolute Gasteiger partial charge is 0.355 e. The zero-order chi connectivity index (χ0) is 18.5. The summed E-state index contributed by atoms with van der Waals surface area (Å²) in [6, 6.07) is 0.371. The molecule has 10 heteroatoms. The summed E-state index contributed by atoms with van der Waals surface area (Å²) in [6.07, 6.45) is 2.86. The molecule has 7 nitrogen and oxygen atoms in total. The molecule has 1 aliphatic carbocycles. The third kappa shape index (κ3) is 2.93. The predicted molar refractivity (Wildman–Crippen MR) is 97.9 cm³/mol. The van der Waals surface area contributed by atoms with Crippen LogP contribution < -0.4 is 10.0 Å². The second-order valence-corrected chi connectivity index (χ2v) is 8.31. The molecular formula is C16H23F2N7S. The maximum absolute atomic E-state index is 12.6. The molecule has 3 heterocycles.